The molecule has 0 bridgehead atoms. The molecule has 0 saturated carbocycles. The Morgan fingerprint density at radius 3 is 1.35 bits per heavy atom. The second kappa shape index (κ2) is 57.0. The van der Waals surface area contributed by atoms with Gasteiger partial charge in [0.15, 0.2) is 0 Å². The van der Waals surface area contributed by atoms with Gasteiger partial charge in [0.2, 0.25) is 23.6 Å². The minimum absolute atomic E-state index is 0.00410. The Hall–Kier alpha value is -5.36. The van der Waals surface area contributed by atoms with Gasteiger partial charge in [-0.15, -0.1) is 0 Å². The van der Waals surface area contributed by atoms with E-state index in [0.717, 1.165) is 33.1 Å². The van der Waals surface area contributed by atoms with Crippen LogP contribution in [0.25, 0.3) is 0 Å². The first-order chi connectivity index (χ1) is 48.8. The predicted molar refractivity (Wildman–Crippen MR) is 360 cm³/mol. The number of aliphatic hydroxyl groups is 1. The predicted octanol–water partition coefficient (Wildman–Crippen LogP) is -0.0833. The Morgan fingerprint density at radius 2 is 0.941 bits per heavy atom. The number of anilines is 1. The van der Waals surface area contributed by atoms with Crippen molar-refractivity contribution < 1.29 is 137 Å². The lowest BCUT2D eigenvalue weighted by Gasteiger charge is -2.27. The molecule has 0 aliphatic carbocycles. The van der Waals surface area contributed by atoms with E-state index in [1.54, 1.807) is 45.9 Å². The lowest BCUT2D eigenvalue weighted by Crippen LogP contribution is -2.56. The molecule has 0 radical (unpaired) electrons. The van der Waals surface area contributed by atoms with Crippen LogP contribution in [0.15, 0.2) is 30.4 Å². The molecule has 0 aromatic heterocycles. The van der Waals surface area contributed by atoms with Crippen molar-refractivity contribution in [2.45, 2.75) is 84.7 Å². The Labute approximate surface area is 592 Å². The number of carbonyl (C=O) groups is 7. The number of carbonyl (C=O) groups excluding carboxylic acids is 7. The number of benzene rings is 1. The molecule has 1 aromatic rings. The lowest BCUT2D eigenvalue weighted by atomic mass is 10.0. The van der Waals surface area contributed by atoms with Crippen molar-refractivity contribution in [3.63, 3.8) is 0 Å². The van der Waals surface area contributed by atoms with Gasteiger partial charge in [0.1, 0.15) is 31.5 Å². The number of rotatable bonds is 67. The second-order valence-electron chi connectivity index (χ2n) is 23.2. The summed E-state index contributed by atoms with van der Waals surface area (Å²) in [5, 5.41) is 16.7. The number of nitrogens with zero attached hydrogens (tertiary/aromatic N) is 2. The number of nitrogens with one attached hydrogen (secondary N) is 3. The van der Waals surface area contributed by atoms with Gasteiger partial charge in [-0.05, 0) is 48.9 Å². The highest BCUT2D eigenvalue weighted by Crippen LogP contribution is 2.27. The third-order valence-corrected chi connectivity index (χ3v) is 15.1. The van der Waals surface area contributed by atoms with Crippen LogP contribution >= 0.6 is 0 Å². The highest BCUT2D eigenvalue weighted by molar-refractivity contribution is 7.85. The number of hydrogen-bond donors (Lipinski definition) is 5. The summed E-state index contributed by atoms with van der Waals surface area (Å²) in [6.07, 6.45) is 2.97. The van der Waals surface area contributed by atoms with Gasteiger partial charge in [-0.2, -0.15) is 8.42 Å². The van der Waals surface area contributed by atoms with Crippen LogP contribution in [0, 0.1) is 11.8 Å². The number of ether oxygens (including phenoxy) is 18. The molecule has 2 aliphatic heterocycles. The Morgan fingerprint density at radius 1 is 0.525 bits per heavy atom. The van der Waals surface area contributed by atoms with Crippen LogP contribution in [0.3, 0.4) is 0 Å². The first kappa shape index (κ1) is 89.9. The first-order valence-electron chi connectivity index (χ1n) is 34.2. The molecule has 5 N–H and O–H groups in total. The number of hydrogen-bond acceptors (Lipinski definition) is 28. The molecule has 1 saturated heterocycles. The van der Waals surface area contributed by atoms with Crippen LogP contribution in [-0.4, -0.2) is 331 Å². The largest absolute Gasteiger partial charge is 0.461 e. The molecule has 34 nitrogen and oxygen atoms in total. The van der Waals surface area contributed by atoms with Gasteiger partial charge >= 0.3 is 5.97 Å². The molecular weight excluding hydrogens is 1360 g/mol. The molecule has 3 rings (SSSR count). The third-order valence-electron chi connectivity index (χ3n) is 14.4. The van der Waals surface area contributed by atoms with E-state index in [1.807, 2.05) is 0 Å². The summed E-state index contributed by atoms with van der Waals surface area (Å²) in [7, 11) is -4.37. The topological polar surface area (TPSA) is 403 Å². The van der Waals surface area contributed by atoms with Crippen molar-refractivity contribution in [1.82, 2.24) is 20.4 Å². The highest BCUT2D eigenvalue weighted by Gasteiger charge is 2.47. The molecule has 2 aliphatic rings. The fraction of sp³-hybridized carbons (Fsp3) is 0.773. The smallest absolute Gasteiger partial charge is 0.308 e. The van der Waals surface area contributed by atoms with Crippen molar-refractivity contribution in [2.75, 3.05) is 242 Å². The third kappa shape index (κ3) is 43.5. The van der Waals surface area contributed by atoms with Crippen molar-refractivity contribution in [3.8, 4) is 0 Å². The van der Waals surface area contributed by atoms with Crippen LogP contribution in [0.2, 0.25) is 0 Å². The van der Waals surface area contributed by atoms with Crippen molar-refractivity contribution >= 4 is 57.2 Å². The molecule has 1 aromatic carbocycles. The average Bonchev–Trinajstić information content (AvgIpc) is 1.66. The highest BCUT2D eigenvalue weighted by atomic mass is 32.2. The molecule has 0 unspecified atom stereocenters. The number of aliphatic hydroxyl groups excluding tert-OH is 1. The Balaban J connectivity index is 1.16. The summed E-state index contributed by atoms with van der Waals surface area (Å²) in [5.74, 6) is -6.23. The fourth-order valence-electron chi connectivity index (χ4n) is 9.15. The normalized spacial score (nSPS) is 15.4. The lowest BCUT2D eigenvalue weighted by molar-refractivity contribution is -0.148. The van der Waals surface area contributed by atoms with E-state index in [-0.39, 0.29) is 44.9 Å². The minimum atomic E-state index is -4.37. The molecule has 4 atom stereocenters. The SMILES string of the molecule is CC(C)C(=O)OCc1ccc(NC(=O)[C@H](C)NC(=O)[C@@H](NC(=O)CN2C(=O)[C@@H](N3C(=O)C=CC3=O)C[C@H]2COCCS(=O)(=O)O)C(C)C)cc1CCCOCCOCCOCCOCCOCCOCCOCCOCCOCCOCOCCOCCOCCOCCOCCOCCO. The fourth-order valence-corrected chi connectivity index (χ4v) is 9.47. The molecule has 101 heavy (non-hydrogen) atoms. The van der Waals surface area contributed by atoms with Crippen molar-refractivity contribution in [1.29, 1.82) is 0 Å². The van der Waals surface area contributed by atoms with Gasteiger partial charge in [-0.1, -0.05) is 33.8 Å². The number of imide groups is 1. The zero-order valence-electron chi connectivity index (χ0n) is 59.4. The van der Waals surface area contributed by atoms with E-state index < -0.39 is 94.6 Å². The molecule has 580 valence electrons. The first-order valence-corrected chi connectivity index (χ1v) is 35.9. The summed E-state index contributed by atoms with van der Waals surface area (Å²) in [6.45, 7) is 19.7. The number of likely N-dealkylation sites (tertiary alicyclic amines) is 1. The van der Waals surface area contributed by atoms with E-state index in [2.05, 4.69) is 16.0 Å². The standard InChI is InChI=1S/C66H111N5O29S/c1-51(2)62(69-59(73)47-70-57(49-97-43-44-101(80,81)82)46-58(65(70)78)71-60(74)10-11-61(71)75)64(77)67-53(5)63(76)68-56-9-8-55(48-100-66(79)52(3)4)54(45-56)7-6-13-83-15-17-85-19-21-87-23-24-89-25-26-90-27-28-91-29-30-92-32-34-94-36-38-96-40-42-99-50-98-41-39-95-37-35-93-33-31-88-22-20-86-18-16-84-14-12-72/h8-11,45,51-53,57-58,62,72H,6-7,12-44,46-50H2,1-5H3,(H,67,77)(H,68,76)(H,69,73)(H,80,81,82)/t53-,57-,58-,62-/m0/s1. The molecule has 6 amide bonds. The maximum absolute atomic E-state index is 13.7. The van der Waals surface area contributed by atoms with Gasteiger partial charge < -0.3 is 111 Å². The van der Waals surface area contributed by atoms with E-state index in [4.69, 9.17) is 94.9 Å². The van der Waals surface area contributed by atoms with E-state index in [9.17, 15) is 42.0 Å². The van der Waals surface area contributed by atoms with Crippen LogP contribution < -0.4 is 16.0 Å². The zero-order valence-corrected chi connectivity index (χ0v) is 60.2. The maximum Gasteiger partial charge on any atom is 0.308 e. The van der Waals surface area contributed by atoms with Gasteiger partial charge in [0.25, 0.3) is 21.9 Å². The molecule has 2 heterocycles. The number of amides is 6. The zero-order chi connectivity index (χ0) is 73.6. The van der Waals surface area contributed by atoms with Crippen molar-refractivity contribution in [3.05, 3.63) is 41.5 Å². The van der Waals surface area contributed by atoms with Crippen molar-refractivity contribution in [2.24, 2.45) is 11.8 Å². The summed E-state index contributed by atoms with van der Waals surface area (Å²) in [4.78, 5) is 93.6. The Bertz CT molecular complexity index is 2570. The summed E-state index contributed by atoms with van der Waals surface area (Å²) in [5.41, 5.74) is 1.92. The molecule has 35 heteroatoms. The Kier molecular flexibility index (Phi) is 50.7. The van der Waals surface area contributed by atoms with E-state index in [1.165, 1.54) is 6.92 Å². The molecule has 0 spiro atoms. The second-order valence-corrected chi connectivity index (χ2v) is 24.8. The summed E-state index contributed by atoms with van der Waals surface area (Å²) >= 11 is 0. The van der Waals surface area contributed by atoms with Gasteiger partial charge in [-0.25, -0.2) is 0 Å². The molecular formula is C66H111N5O29S. The van der Waals surface area contributed by atoms with E-state index >= 15 is 0 Å². The number of esters is 1. The quantitative estimate of drug-likeness (QED) is 0.0187. The average molecular weight is 1470 g/mol. The van der Waals surface area contributed by atoms with Crippen LogP contribution in [0.5, 0.6) is 0 Å². The van der Waals surface area contributed by atoms with Gasteiger partial charge in [-0.3, -0.25) is 43.0 Å². The number of aryl methyl sites for hydroxylation is 1. The van der Waals surface area contributed by atoms with Gasteiger partial charge in [0.05, 0.1) is 236 Å². The van der Waals surface area contributed by atoms with Crippen LogP contribution in [-0.2, 0) is 142 Å². The van der Waals surface area contributed by atoms with Crippen LogP contribution in [0.1, 0.15) is 58.6 Å². The van der Waals surface area contributed by atoms with E-state index in [0.29, 0.717) is 217 Å². The maximum atomic E-state index is 13.7. The summed E-state index contributed by atoms with van der Waals surface area (Å²) in [6, 6.07) is 0.672. The monoisotopic (exact) mass is 1470 g/mol. The molecule has 1 fully saturated rings. The van der Waals surface area contributed by atoms with Gasteiger partial charge in [0, 0.05) is 30.9 Å². The minimum Gasteiger partial charge on any atom is -0.461 e. The summed E-state index contributed by atoms with van der Waals surface area (Å²) < 4.78 is 130. The van der Waals surface area contributed by atoms with Crippen LogP contribution in [0.4, 0.5) is 5.69 Å².